The molecule has 1 N–H and O–H groups in total. The van der Waals surface area contributed by atoms with E-state index in [1.807, 2.05) is 5.38 Å². The second-order valence-corrected chi connectivity index (χ2v) is 4.18. The van der Waals surface area contributed by atoms with Gasteiger partial charge in [0.05, 0.1) is 11.8 Å². The number of aliphatic hydroxyl groups excluding tert-OH is 1. The molecule has 3 nitrogen and oxygen atoms in total. The standard InChI is InChI=1S/C9H13NO2S/c1-6(11)7-5-13-9(10-7)8-3-2-4-12-8/h5-6,8,11H,2-4H2,1H3. The average Bonchev–Trinajstić information content (AvgIpc) is 2.75. The number of thiazole rings is 1. The fourth-order valence-corrected chi connectivity index (χ4v) is 2.40. The van der Waals surface area contributed by atoms with E-state index >= 15 is 0 Å². The van der Waals surface area contributed by atoms with E-state index in [-0.39, 0.29) is 6.10 Å². The number of aliphatic hydroxyl groups is 1. The predicted molar refractivity (Wildman–Crippen MR) is 50.7 cm³/mol. The van der Waals surface area contributed by atoms with Gasteiger partial charge in [-0.2, -0.15) is 0 Å². The van der Waals surface area contributed by atoms with Crippen LogP contribution in [0.2, 0.25) is 0 Å². The Morgan fingerprint density at radius 2 is 2.62 bits per heavy atom. The maximum atomic E-state index is 9.28. The largest absolute Gasteiger partial charge is 0.387 e. The van der Waals surface area contributed by atoms with E-state index in [0.717, 1.165) is 30.2 Å². The van der Waals surface area contributed by atoms with Gasteiger partial charge in [-0.05, 0) is 19.8 Å². The normalized spacial score (nSPS) is 24.9. The molecular weight excluding hydrogens is 186 g/mol. The fraction of sp³-hybridized carbons (Fsp3) is 0.667. The lowest BCUT2D eigenvalue weighted by Gasteiger charge is -2.03. The van der Waals surface area contributed by atoms with Gasteiger partial charge >= 0.3 is 0 Å². The Kier molecular flexibility index (Phi) is 2.62. The molecule has 1 aliphatic heterocycles. The molecule has 1 aliphatic rings. The van der Waals surface area contributed by atoms with Crippen molar-refractivity contribution in [2.45, 2.75) is 32.0 Å². The second kappa shape index (κ2) is 3.74. The van der Waals surface area contributed by atoms with Crippen molar-refractivity contribution in [1.82, 2.24) is 4.98 Å². The third-order valence-electron chi connectivity index (χ3n) is 2.17. The zero-order valence-corrected chi connectivity index (χ0v) is 8.38. The lowest BCUT2D eigenvalue weighted by atomic mass is 10.2. The number of hydrogen-bond donors (Lipinski definition) is 1. The molecule has 1 saturated heterocycles. The Hall–Kier alpha value is -0.450. The first kappa shape index (κ1) is 9.12. The SMILES string of the molecule is CC(O)c1csc(C2CCCO2)n1. The second-order valence-electron chi connectivity index (χ2n) is 3.29. The molecule has 13 heavy (non-hydrogen) atoms. The summed E-state index contributed by atoms with van der Waals surface area (Å²) in [6.07, 6.45) is 1.89. The Morgan fingerprint density at radius 1 is 1.77 bits per heavy atom. The fourth-order valence-electron chi connectivity index (χ4n) is 1.41. The molecule has 0 bridgehead atoms. The molecule has 0 spiro atoms. The summed E-state index contributed by atoms with van der Waals surface area (Å²) < 4.78 is 5.50. The van der Waals surface area contributed by atoms with Crippen LogP contribution in [0.5, 0.6) is 0 Å². The molecule has 0 radical (unpaired) electrons. The van der Waals surface area contributed by atoms with Crippen LogP contribution in [-0.2, 0) is 4.74 Å². The van der Waals surface area contributed by atoms with Crippen LogP contribution in [-0.4, -0.2) is 16.7 Å². The number of nitrogens with zero attached hydrogens (tertiary/aromatic N) is 1. The van der Waals surface area contributed by atoms with Gasteiger partial charge in [-0.15, -0.1) is 11.3 Å². The summed E-state index contributed by atoms with van der Waals surface area (Å²) in [6, 6.07) is 0. The molecule has 0 aromatic carbocycles. The van der Waals surface area contributed by atoms with Crippen LogP contribution < -0.4 is 0 Å². The molecule has 0 aliphatic carbocycles. The van der Waals surface area contributed by atoms with E-state index in [9.17, 15) is 5.11 Å². The maximum absolute atomic E-state index is 9.28. The maximum Gasteiger partial charge on any atom is 0.122 e. The third kappa shape index (κ3) is 1.90. The zero-order chi connectivity index (χ0) is 9.26. The summed E-state index contributed by atoms with van der Waals surface area (Å²) in [5.74, 6) is 0. The van der Waals surface area contributed by atoms with Crippen molar-refractivity contribution in [2.24, 2.45) is 0 Å². The van der Waals surface area contributed by atoms with Gasteiger partial charge in [-0.25, -0.2) is 4.98 Å². The Bertz CT molecular complexity index is 279. The minimum atomic E-state index is -0.466. The van der Waals surface area contributed by atoms with Crippen molar-refractivity contribution in [3.8, 4) is 0 Å². The van der Waals surface area contributed by atoms with Crippen LogP contribution in [0, 0.1) is 0 Å². The van der Waals surface area contributed by atoms with E-state index < -0.39 is 6.10 Å². The van der Waals surface area contributed by atoms with E-state index in [1.54, 1.807) is 18.3 Å². The van der Waals surface area contributed by atoms with Crippen molar-refractivity contribution >= 4 is 11.3 Å². The number of hydrogen-bond acceptors (Lipinski definition) is 4. The van der Waals surface area contributed by atoms with Gasteiger partial charge in [0.15, 0.2) is 0 Å². The molecule has 0 saturated carbocycles. The van der Waals surface area contributed by atoms with Crippen LogP contribution in [0.1, 0.15) is 42.7 Å². The third-order valence-corrected chi connectivity index (χ3v) is 3.13. The highest BCUT2D eigenvalue weighted by atomic mass is 32.1. The molecule has 2 heterocycles. The Balaban J connectivity index is 2.12. The van der Waals surface area contributed by atoms with Gasteiger partial charge in [0, 0.05) is 12.0 Å². The van der Waals surface area contributed by atoms with E-state index in [1.165, 1.54) is 0 Å². The van der Waals surface area contributed by atoms with Crippen molar-refractivity contribution < 1.29 is 9.84 Å². The topological polar surface area (TPSA) is 42.4 Å². The highest BCUT2D eigenvalue weighted by molar-refractivity contribution is 7.09. The smallest absolute Gasteiger partial charge is 0.122 e. The predicted octanol–water partition coefficient (Wildman–Crippen LogP) is 2.05. The molecule has 1 fully saturated rings. The Morgan fingerprint density at radius 3 is 3.15 bits per heavy atom. The highest BCUT2D eigenvalue weighted by Crippen LogP contribution is 2.31. The first-order valence-corrected chi connectivity index (χ1v) is 5.40. The molecular formula is C9H13NO2S. The van der Waals surface area contributed by atoms with Crippen LogP contribution in [0.15, 0.2) is 5.38 Å². The lowest BCUT2D eigenvalue weighted by molar-refractivity contribution is 0.111. The quantitative estimate of drug-likeness (QED) is 0.792. The average molecular weight is 199 g/mol. The van der Waals surface area contributed by atoms with Crippen molar-refractivity contribution in [2.75, 3.05) is 6.61 Å². The van der Waals surface area contributed by atoms with Gasteiger partial charge in [-0.3, -0.25) is 0 Å². The van der Waals surface area contributed by atoms with Crippen molar-refractivity contribution in [3.05, 3.63) is 16.1 Å². The molecule has 4 heteroatoms. The first-order chi connectivity index (χ1) is 6.27. The molecule has 2 unspecified atom stereocenters. The summed E-state index contributed by atoms with van der Waals surface area (Å²) >= 11 is 1.58. The van der Waals surface area contributed by atoms with E-state index in [2.05, 4.69) is 4.98 Å². The van der Waals surface area contributed by atoms with Crippen molar-refractivity contribution in [3.63, 3.8) is 0 Å². The number of aromatic nitrogens is 1. The van der Waals surface area contributed by atoms with Gasteiger partial charge in [-0.1, -0.05) is 0 Å². The number of ether oxygens (including phenoxy) is 1. The molecule has 0 amide bonds. The summed E-state index contributed by atoms with van der Waals surface area (Å²) in [6.45, 7) is 2.57. The minimum absolute atomic E-state index is 0.178. The van der Waals surface area contributed by atoms with Crippen molar-refractivity contribution in [1.29, 1.82) is 0 Å². The summed E-state index contributed by atoms with van der Waals surface area (Å²) in [4.78, 5) is 4.34. The van der Waals surface area contributed by atoms with Gasteiger partial charge < -0.3 is 9.84 Å². The molecule has 2 atom stereocenters. The van der Waals surface area contributed by atoms with Crippen LogP contribution in [0.25, 0.3) is 0 Å². The molecule has 1 aromatic heterocycles. The monoisotopic (exact) mass is 199 g/mol. The van der Waals surface area contributed by atoms with E-state index in [4.69, 9.17) is 4.74 Å². The van der Waals surface area contributed by atoms with Crippen LogP contribution in [0.4, 0.5) is 0 Å². The minimum Gasteiger partial charge on any atom is -0.387 e. The van der Waals surface area contributed by atoms with Gasteiger partial charge in [0.1, 0.15) is 11.1 Å². The Labute approximate surface area is 81.4 Å². The summed E-state index contributed by atoms with van der Waals surface area (Å²) in [5.41, 5.74) is 0.760. The zero-order valence-electron chi connectivity index (χ0n) is 7.56. The van der Waals surface area contributed by atoms with Gasteiger partial charge in [0.25, 0.3) is 0 Å². The van der Waals surface area contributed by atoms with Crippen LogP contribution >= 0.6 is 11.3 Å². The van der Waals surface area contributed by atoms with E-state index in [0.29, 0.717) is 0 Å². The molecule has 72 valence electrons. The summed E-state index contributed by atoms with van der Waals surface area (Å²) in [7, 11) is 0. The van der Waals surface area contributed by atoms with Crippen LogP contribution in [0.3, 0.4) is 0 Å². The molecule has 2 rings (SSSR count). The summed E-state index contributed by atoms with van der Waals surface area (Å²) in [5, 5.41) is 12.2. The highest BCUT2D eigenvalue weighted by Gasteiger charge is 2.21. The van der Waals surface area contributed by atoms with Gasteiger partial charge in [0.2, 0.25) is 0 Å². The lowest BCUT2D eigenvalue weighted by Crippen LogP contribution is -1.97. The molecule has 1 aromatic rings. The number of rotatable bonds is 2. The first-order valence-electron chi connectivity index (χ1n) is 4.52.